The first-order valence-electron chi connectivity index (χ1n) is 9.45. The van der Waals surface area contributed by atoms with Gasteiger partial charge < -0.3 is 4.57 Å². The average Bonchev–Trinajstić information content (AvgIpc) is 2.73. The standard InChI is InChI=1S/C23H25O3PS/c1-2-18-28(25,26)23(19-20-12-6-3-7-13-20)27(24,21-14-8-4-9-15-21)22-16-10-5-11-17-22/h3-17,23H,2,18-19H2,1H3. The lowest BCUT2D eigenvalue weighted by molar-refractivity contribution is 0.572. The lowest BCUT2D eigenvalue weighted by Crippen LogP contribution is -2.34. The second-order valence-corrected chi connectivity index (χ2v) is 12.5. The van der Waals surface area contributed by atoms with Gasteiger partial charge in [-0.1, -0.05) is 97.9 Å². The van der Waals surface area contributed by atoms with Crippen molar-refractivity contribution in [2.75, 3.05) is 5.75 Å². The fraction of sp³-hybridized carbons (Fsp3) is 0.217. The minimum Gasteiger partial charge on any atom is -0.312 e. The molecule has 0 spiro atoms. The molecule has 0 radical (unpaired) electrons. The van der Waals surface area contributed by atoms with Gasteiger partial charge in [0.05, 0.1) is 5.75 Å². The monoisotopic (exact) mass is 412 g/mol. The van der Waals surface area contributed by atoms with E-state index in [9.17, 15) is 13.0 Å². The summed E-state index contributed by atoms with van der Waals surface area (Å²) in [6, 6.07) is 27.6. The summed E-state index contributed by atoms with van der Waals surface area (Å²) in [7, 11) is -7.03. The number of benzene rings is 3. The van der Waals surface area contributed by atoms with Crippen LogP contribution in [0.4, 0.5) is 0 Å². The summed E-state index contributed by atoms with van der Waals surface area (Å²) in [5, 5.41) is 1.17. The topological polar surface area (TPSA) is 51.2 Å². The summed E-state index contributed by atoms with van der Waals surface area (Å²) in [6.45, 7) is 1.84. The fourth-order valence-corrected chi connectivity index (χ4v) is 10.3. The molecule has 0 bridgehead atoms. The molecule has 146 valence electrons. The molecular formula is C23H25O3PS. The van der Waals surface area contributed by atoms with Gasteiger partial charge >= 0.3 is 0 Å². The normalized spacial score (nSPS) is 13.2. The van der Waals surface area contributed by atoms with Crippen molar-refractivity contribution < 1.29 is 13.0 Å². The molecule has 1 unspecified atom stereocenters. The lowest BCUT2D eigenvalue weighted by Gasteiger charge is -2.29. The van der Waals surface area contributed by atoms with E-state index >= 15 is 0 Å². The van der Waals surface area contributed by atoms with Crippen LogP contribution in [0.2, 0.25) is 0 Å². The van der Waals surface area contributed by atoms with Gasteiger partial charge in [-0.2, -0.15) is 0 Å². The summed E-state index contributed by atoms with van der Waals surface area (Å²) in [4.78, 5) is -0.993. The van der Waals surface area contributed by atoms with Gasteiger partial charge in [-0.05, 0) is 18.4 Å². The van der Waals surface area contributed by atoms with Crippen molar-refractivity contribution in [1.29, 1.82) is 0 Å². The molecule has 0 saturated carbocycles. The molecule has 5 heteroatoms. The van der Waals surface area contributed by atoms with Gasteiger partial charge in [-0.15, -0.1) is 0 Å². The third kappa shape index (κ3) is 4.29. The molecule has 3 nitrogen and oxygen atoms in total. The van der Waals surface area contributed by atoms with Crippen molar-refractivity contribution in [2.45, 2.75) is 24.8 Å². The van der Waals surface area contributed by atoms with Crippen molar-refractivity contribution in [3.05, 3.63) is 96.6 Å². The van der Waals surface area contributed by atoms with Crippen LogP contribution in [-0.2, 0) is 20.8 Å². The zero-order chi connectivity index (χ0) is 20.0. The van der Waals surface area contributed by atoms with Gasteiger partial charge in [0.1, 0.15) is 4.99 Å². The Morgan fingerprint density at radius 1 is 0.750 bits per heavy atom. The molecule has 28 heavy (non-hydrogen) atoms. The predicted molar refractivity (Wildman–Crippen MR) is 118 cm³/mol. The molecule has 0 aliphatic rings. The third-order valence-electron chi connectivity index (χ3n) is 4.84. The SMILES string of the molecule is CCCS(=O)(=O)C(Cc1ccccc1)P(=O)(c1ccccc1)c1ccccc1. The van der Waals surface area contributed by atoms with E-state index in [1.165, 1.54) is 0 Å². The van der Waals surface area contributed by atoms with Gasteiger partial charge in [0.25, 0.3) is 0 Å². The van der Waals surface area contributed by atoms with Gasteiger partial charge in [-0.25, -0.2) is 8.42 Å². The Labute approximate surface area is 167 Å². The van der Waals surface area contributed by atoms with E-state index in [0.717, 1.165) is 5.56 Å². The second-order valence-electron chi connectivity index (χ2n) is 6.84. The first-order valence-corrected chi connectivity index (χ1v) is 12.9. The van der Waals surface area contributed by atoms with Gasteiger partial charge in [0.2, 0.25) is 0 Å². The molecule has 0 amide bonds. The van der Waals surface area contributed by atoms with Crippen molar-refractivity contribution >= 4 is 27.6 Å². The molecule has 3 aromatic carbocycles. The molecule has 0 heterocycles. The Kier molecular flexibility index (Phi) is 6.53. The van der Waals surface area contributed by atoms with E-state index in [0.29, 0.717) is 17.0 Å². The molecule has 0 N–H and O–H groups in total. The van der Waals surface area contributed by atoms with Crippen molar-refractivity contribution in [3.63, 3.8) is 0 Å². The summed E-state index contributed by atoms with van der Waals surface area (Å²) in [6.07, 6.45) is 0.724. The molecule has 3 aromatic rings. The van der Waals surface area contributed by atoms with Crippen molar-refractivity contribution in [2.24, 2.45) is 0 Å². The third-order valence-corrected chi connectivity index (χ3v) is 11.8. The Hall–Kier alpha value is -2.16. The molecule has 0 fully saturated rings. The minimum atomic E-state index is -3.59. The quantitative estimate of drug-likeness (QED) is 0.516. The largest absolute Gasteiger partial charge is 0.312 e. The minimum absolute atomic E-state index is 0.0220. The second kappa shape index (κ2) is 8.89. The summed E-state index contributed by atoms with van der Waals surface area (Å²) >= 11 is 0. The fourth-order valence-electron chi connectivity index (χ4n) is 3.50. The van der Waals surface area contributed by atoms with Crippen LogP contribution in [0, 0.1) is 0 Å². The predicted octanol–water partition coefficient (Wildman–Crippen LogP) is 4.39. The Morgan fingerprint density at radius 2 is 1.18 bits per heavy atom. The van der Waals surface area contributed by atoms with Crippen LogP contribution in [0.15, 0.2) is 91.0 Å². The van der Waals surface area contributed by atoms with Crippen molar-refractivity contribution in [3.8, 4) is 0 Å². The van der Waals surface area contributed by atoms with Crippen LogP contribution in [0.1, 0.15) is 18.9 Å². The van der Waals surface area contributed by atoms with Gasteiger partial charge in [-0.3, -0.25) is 0 Å². The Balaban J connectivity index is 2.24. The maximum absolute atomic E-state index is 14.7. The zero-order valence-corrected chi connectivity index (χ0v) is 17.7. The van der Waals surface area contributed by atoms with Crippen LogP contribution in [-0.4, -0.2) is 19.2 Å². The first-order chi connectivity index (χ1) is 13.5. The highest BCUT2D eigenvalue weighted by Crippen LogP contribution is 2.52. The first kappa shape index (κ1) is 20.6. The van der Waals surface area contributed by atoms with E-state index in [4.69, 9.17) is 0 Å². The maximum atomic E-state index is 14.7. The van der Waals surface area contributed by atoms with E-state index < -0.39 is 22.0 Å². The van der Waals surface area contributed by atoms with Gasteiger partial charge in [0, 0.05) is 10.6 Å². The lowest BCUT2D eigenvalue weighted by atomic mass is 10.2. The van der Waals surface area contributed by atoms with E-state index in [-0.39, 0.29) is 12.2 Å². The number of rotatable bonds is 8. The summed E-state index contributed by atoms with van der Waals surface area (Å²) in [5.41, 5.74) is 0.874. The molecular weight excluding hydrogens is 387 g/mol. The number of hydrogen-bond acceptors (Lipinski definition) is 3. The Bertz CT molecular complexity index is 989. The van der Waals surface area contributed by atoms with E-state index in [1.54, 1.807) is 24.3 Å². The van der Waals surface area contributed by atoms with Crippen LogP contribution >= 0.6 is 7.14 Å². The molecule has 0 aliphatic carbocycles. The molecule has 3 rings (SSSR count). The molecule has 0 aliphatic heterocycles. The summed E-state index contributed by atoms with van der Waals surface area (Å²) in [5.74, 6) is 0.0220. The Morgan fingerprint density at radius 3 is 1.61 bits per heavy atom. The number of sulfone groups is 1. The molecule has 0 saturated heterocycles. The number of hydrogen-bond donors (Lipinski definition) is 0. The summed E-state index contributed by atoms with van der Waals surface area (Å²) < 4.78 is 41.4. The zero-order valence-electron chi connectivity index (χ0n) is 15.9. The van der Waals surface area contributed by atoms with Crippen LogP contribution in [0.25, 0.3) is 0 Å². The smallest absolute Gasteiger partial charge is 0.161 e. The van der Waals surface area contributed by atoms with Gasteiger partial charge in [0.15, 0.2) is 17.0 Å². The van der Waals surface area contributed by atoms with Crippen LogP contribution in [0.3, 0.4) is 0 Å². The highest BCUT2D eigenvalue weighted by Gasteiger charge is 2.44. The highest BCUT2D eigenvalue weighted by molar-refractivity contribution is 8.03. The molecule has 1 atom stereocenters. The van der Waals surface area contributed by atoms with Crippen LogP contribution in [0.5, 0.6) is 0 Å². The molecule has 0 aromatic heterocycles. The van der Waals surface area contributed by atoms with E-state index in [2.05, 4.69) is 0 Å². The highest BCUT2D eigenvalue weighted by atomic mass is 32.2. The van der Waals surface area contributed by atoms with Crippen molar-refractivity contribution in [1.82, 2.24) is 0 Å². The maximum Gasteiger partial charge on any atom is 0.161 e. The van der Waals surface area contributed by atoms with Crippen LogP contribution < -0.4 is 10.6 Å². The average molecular weight is 412 g/mol. The van der Waals surface area contributed by atoms with E-state index in [1.807, 2.05) is 73.7 Å².